The van der Waals surface area contributed by atoms with Crippen molar-refractivity contribution >= 4 is 15.9 Å². The number of halogens is 1. The smallest absolute Gasteiger partial charge is 0.0171 e. The molecule has 1 aliphatic carbocycles. The molecule has 12 heavy (non-hydrogen) atoms. The van der Waals surface area contributed by atoms with Gasteiger partial charge in [-0.1, -0.05) is 43.1 Å². The van der Waals surface area contributed by atoms with Gasteiger partial charge < -0.3 is 0 Å². The Hall–Kier alpha value is 0.480. The molecule has 0 heterocycles. The summed E-state index contributed by atoms with van der Waals surface area (Å²) in [7, 11) is 0. The molecule has 1 heteroatoms. The predicted molar refractivity (Wildman–Crippen MR) is 58.7 cm³/mol. The first kappa shape index (κ1) is 10.6. The standard InChI is InChI=1S/C11H21Br/c1-4-10(12)9-6-5-7-11(2,3)8-9/h9-10H,4-8H2,1-3H3. The average molecular weight is 233 g/mol. The average Bonchev–Trinajstić information content (AvgIpc) is 2.01. The van der Waals surface area contributed by atoms with Crippen LogP contribution < -0.4 is 0 Å². The van der Waals surface area contributed by atoms with Crippen molar-refractivity contribution in [1.82, 2.24) is 0 Å². The number of rotatable bonds is 2. The van der Waals surface area contributed by atoms with E-state index in [4.69, 9.17) is 0 Å². The highest BCUT2D eigenvalue weighted by molar-refractivity contribution is 9.09. The molecule has 0 nitrogen and oxygen atoms in total. The van der Waals surface area contributed by atoms with Crippen LogP contribution in [0.2, 0.25) is 0 Å². The summed E-state index contributed by atoms with van der Waals surface area (Å²) < 4.78 is 0. The van der Waals surface area contributed by atoms with Crippen molar-refractivity contribution < 1.29 is 0 Å². The van der Waals surface area contributed by atoms with Crippen LogP contribution in [0.3, 0.4) is 0 Å². The van der Waals surface area contributed by atoms with E-state index < -0.39 is 0 Å². The van der Waals surface area contributed by atoms with Crippen molar-refractivity contribution in [3.63, 3.8) is 0 Å². The molecule has 0 N–H and O–H groups in total. The molecule has 72 valence electrons. The van der Waals surface area contributed by atoms with Gasteiger partial charge in [0, 0.05) is 4.83 Å². The molecule has 1 saturated carbocycles. The van der Waals surface area contributed by atoms with Gasteiger partial charge in [0.05, 0.1) is 0 Å². The highest BCUT2D eigenvalue weighted by Crippen LogP contribution is 2.41. The lowest BCUT2D eigenvalue weighted by Gasteiger charge is -2.37. The third kappa shape index (κ3) is 2.76. The van der Waals surface area contributed by atoms with Crippen molar-refractivity contribution in [2.75, 3.05) is 0 Å². The van der Waals surface area contributed by atoms with Gasteiger partial charge in [-0.25, -0.2) is 0 Å². The molecule has 0 aromatic rings. The Morgan fingerprint density at radius 3 is 2.67 bits per heavy atom. The van der Waals surface area contributed by atoms with Crippen LogP contribution in [0.5, 0.6) is 0 Å². The van der Waals surface area contributed by atoms with E-state index in [9.17, 15) is 0 Å². The molecule has 0 aromatic heterocycles. The van der Waals surface area contributed by atoms with Crippen LogP contribution >= 0.6 is 15.9 Å². The number of alkyl halides is 1. The molecule has 1 aliphatic rings. The summed E-state index contributed by atoms with van der Waals surface area (Å²) >= 11 is 3.79. The van der Waals surface area contributed by atoms with Crippen LogP contribution in [0.4, 0.5) is 0 Å². The topological polar surface area (TPSA) is 0 Å². The lowest BCUT2D eigenvalue weighted by molar-refractivity contribution is 0.178. The normalized spacial score (nSPS) is 31.5. The summed E-state index contributed by atoms with van der Waals surface area (Å²) in [5, 5.41) is 0. The fraction of sp³-hybridized carbons (Fsp3) is 1.00. The zero-order valence-corrected chi connectivity index (χ0v) is 10.2. The Kier molecular flexibility index (Phi) is 3.63. The SMILES string of the molecule is CCC(Br)C1CCCC(C)(C)C1. The minimum atomic E-state index is 0.601. The second kappa shape index (κ2) is 4.13. The summed E-state index contributed by atoms with van der Waals surface area (Å²) in [4.78, 5) is 0.761. The summed E-state index contributed by atoms with van der Waals surface area (Å²) in [6.07, 6.45) is 6.98. The maximum Gasteiger partial charge on any atom is 0.0171 e. The molecule has 2 unspecified atom stereocenters. The third-order valence-electron chi connectivity index (χ3n) is 3.14. The third-order valence-corrected chi connectivity index (χ3v) is 4.54. The second-order valence-electron chi connectivity index (χ2n) is 4.94. The van der Waals surface area contributed by atoms with Gasteiger partial charge in [0.25, 0.3) is 0 Å². The summed E-state index contributed by atoms with van der Waals surface area (Å²) in [5.74, 6) is 0.929. The molecule has 0 saturated heterocycles. The van der Waals surface area contributed by atoms with Gasteiger partial charge in [-0.2, -0.15) is 0 Å². The fourth-order valence-corrected chi connectivity index (χ4v) is 2.85. The van der Waals surface area contributed by atoms with Crippen molar-refractivity contribution in [3.05, 3.63) is 0 Å². The van der Waals surface area contributed by atoms with Crippen molar-refractivity contribution in [3.8, 4) is 0 Å². The fourth-order valence-electron chi connectivity index (χ4n) is 2.40. The van der Waals surface area contributed by atoms with Crippen LogP contribution in [0.25, 0.3) is 0 Å². The first-order valence-electron chi connectivity index (χ1n) is 5.19. The molecule has 0 radical (unpaired) electrons. The first-order chi connectivity index (χ1) is 5.55. The van der Waals surface area contributed by atoms with Gasteiger partial charge in [0.1, 0.15) is 0 Å². The molecule has 0 aromatic carbocycles. The first-order valence-corrected chi connectivity index (χ1v) is 6.11. The van der Waals surface area contributed by atoms with Crippen LogP contribution in [0.15, 0.2) is 0 Å². The van der Waals surface area contributed by atoms with Gasteiger partial charge in [-0.3, -0.25) is 0 Å². The Bertz CT molecular complexity index is 140. The van der Waals surface area contributed by atoms with E-state index in [-0.39, 0.29) is 0 Å². The maximum absolute atomic E-state index is 3.79. The van der Waals surface area contributed by atoms with E-state index in [1.807, 2.05) is 0 Å². The zero-order valence-electron chi connectivity index (χ0n) is 8.57. The maximum atomic E-state index is 3.79. The summed E-state index contributed by atoms with van der Waals surface area (Å²) in [6, 6.07) is 0. The number of hydrogen-bond donors (Lipinski definition) is 0. The Labute approximate surface area is 85.3 Å². The highest BCUT2D eigenvalue weighted by Gasteiger charge is 2.30. The van der Waals surface area contributed by atoms with Crippen molar-refractivity contribution in [2.24, 2.45) is 11.3 Å². The van der Waals surface area contributed by atoms with E-state index in [1.165, 1.54) is 32.1 Å². The van der Waals surface area contributed by atoms with Gasteiger partial charge in [-0.15, -0.1) is 0 Å². The molecule has 0 aliphatic heterocycles. The highest BCUT2D eigenvalue weighted by atomic mass is 79.9. The van der Waals surface area contributed by atoms with E-state index in [2.05, 4.69) is 36.7 Å². The van der Waals surface area contributed by atoms with Crippen LogP contribution in [0.1, 0.15) is 52.9 Å². The molecular formula is C11H21Br. The molecule has 0 spiro atoms. The van der Waals surface area contributed by atoms with Crippen molar-refractivity contribution in [1.29, 1.82) is 0 Å². The molecular weight excluding hydrogens is 212 g/mol. The molecule has 0 bridgehead atoms. The lowest BCUT2D eigenvalue weighted by Crippen LogP contribution is -2.27. The monoisotopic (exact) mass is 232 g/mol. The van der Waals surface area contributed by atoms with Crippen LogP contribution in [-0.2, 0) is 0 Å². The van der Waals surface area contributed by atoms with Gasteiger partial charge >= 0.3 is 0 Å². The van der Waals surface area contributed by atoms with E-state index in [0.29, 0.717) is 5.41 Å². The second-order valence-corrected chi connectivity index (χ2v) is 6.12. The molecule has 2 atom stereocenters. The van der Waals surface area contributed by atoms with Gasteiger partial charge in [0.15, 0.2) is 0 Å². The molecule has 0 amide bonds. The number of hydrogen-bond acceptors (Lipinski definition) is 0. The quantitative estimate of drug-likeness (QED) is 0.621. The van der Waals surface area contributed by atoms with Crippen LogP contribution in [0, 0.1) is 11.3 Å². The van der Waals surface area contributed by atoms with E-state index in [0.717, 1.165) is 10.7 Å². The Morgan fingerprint density at radius 1 is 1.50 bits per heavy atom. The van der Waals surface area contributed by atoms with Crippen molar-refractivity contribution in [2.45, 2.75) is 57.7 Å². The Balaban J connectivity index is 2.46. The zero-order chi connectivity index (χ0) is 9.19. The minimum absolute atomic E-state index is 0.601. The summed E-state index contributed by atoms with van der Waals surface area (Å²) in [5.41, 5.74) is 0.601. The van der Waals surface area contributed by atoms with Gasteiger partial charge in [-0.05, 0) is 37.0 Å². The van der Waals surface area contributed by atoms with Gasteiger partial charge in [0.2, 0.25) is 0 Å². The minimum Gasteiger partial charge on any atom is -0.0888 e. The lowest BCUT2D eigenvalue weighted by atomic mass is 9.71. The van der Waals surface area contributed by atoms with Crippen LogP contribution in [-0.4, -0.2) is 4.83 Å². The van der Waals surface area contributed by atoms with E-state index in [1.54, 1.807) is 0 Å². The molecule has 1 rings (SSSR count). The molecule has 1 fully saturated rings. The Morgan fingerprint density at radius 2 is 2.17 bits per heavy atom. The van der Waals surface area contributed by atoms with E-state index >= 15 is 0 Å². The predicted octanol–water partition coefficient (Wildman–Crippen LogP) is 4.38. The summed E-state index contributed by atoms with van der Waals surface area (Å²) in [6.45, 7) is 7.10. The largest absolute Gasteiger partial charge is 0.0888 e.